The molecule has 1 aromatic carbocycles. The first kappa shape index (κ1) is 15.1. The monoisotopic (exact) mass is 320 g/mol. The van der Waals surface area contributed by atoms with Crippen LogP contribution in [0.4, 0.5) is 5.82 Å². The van der Waals surface area contributed by atoms with E-state index in [9.17, 15) is 8.42 Å². The molecule has 1 saturated heterocycles. The van der Waals surface area contributed by atoms with Crippen LogP contribution >= 0.6 is 0 Å². The van der Waals surface area contributed by atoms with Crippen molar-refractivity contribution in [2.45, 2.75) is 6.92 Å². The lowest BCUT2D eigenvalue weighted by Crippen LogP contribution is -2.29. The molecule has 0 bridgehead atoms. The van der Waals surface area contributed by atoms with Crippen molar-refractivity contribution in [2.75, 3.05) is 36.6 Å². The molecule has 22 heavy (non-hydrogen) atoms. The van der Waals surface area contributed by atoms with Crippen molar-refractivity contribution in [1.82, 2.24) is 4.98 Å². The van der Waals surface area contributed by atoms with Gasteiger partial charge in [-0.1, -0.05) is 6.92 Å². The van der Waals surface area contributed by atoms with Gasteiger partial charge in [0, 0.05) is 18.5 Å². The number of hydrogen-bond acceptors (Lipinski definition) is 5. The Morgan fingerprint density at radius 3 is 2.86 bits per heavy atom. The van der Waals surface area contributed by atoms with Crippen LogP contribution in [0.25, 0.3) is 10.9 Å². The zero-order chi connectivity index (χ0) is 15.7. The van der Waals surface area contributed by atoms with Crippen LogP contribution in [0.5, 0.6) is 5.75 Å². The third kappa shape index (κ3) is 3.16. The second-order valence-electron chi connectivity index (χ2n) is 5.89. The molecule has 0 spiro atoms. The number of anilines is 1. The first-order chi connectivity index (χ1) is 10.5. The van der Waals surface area contributed by atoms with Crippen molar-refractivity contribution in [2.24, 2.45) is 5.92 Å². The fraction of sp³-hybridized carbons (Fsp3) is 0.438. The summed E-state index contributed by atoms with van der Waals surface area (Å²) in [6, 6.07) is 9.71. The van der Waals surface area contributed by atoms with E-state index in [2.05, 4.69) is 9.88 Å². The van der Waals surface area contributed by atoms with E-state index in [1.165, 1.54) is 0 Å². The number of nitrogens with zero attached hydrogens (tertiary/aromatic N) is 2. The zero-order valence-corrected chi connectivity index (χ0v) is 13.6. The molecule has 0 aliphatic carbocycles. The van der Waals surface area contributed by atoms with Crippen LogP contribution in [0.2, 0.25) is 0 Å². The van der Waals surface area contributed by atoms with E-state index >= 15 is 0 Å². The van der Waals surface area contributed by atoms with Gasteiger partial charge in [-0.2, -0.15) is 0 Å². The van der Waals surface area contributed by atoms with E-state index in [0.717, 1.165) is 22.5 Å². The molecule has 1 aromatic heterocycles. The average molecular weight is 320 g/mol. The molecule has 5 nitrogen and oxygen atoms in total. The molecule has 6 heteroatoms. The highest BCUT2D eigenvalue weighted by molar-refractivity contribution is 7.91. The van der Waals surface area contributed by atoms with Crippen molar-refractivity contribution < 1.29 is 13.2 Å². The molecule has 118 valence electrons. The van der Waals surface area contributed by atoms with E-state index in [1.807, 2.05) is 37.3 Å². The van der Waals surface area contributed by atoms with Gasteiger partial charge in [-0.3, -0.25) is 0 Å². The van der Waals surface area contributed by atoms with Crippen LogP contribution in [-0.4, -0.2) is 45.1 Å². The molecular weight excluding hydrogens is 300 g/mol. The van der Waals surface area contributed by atoms with Gasteiger partial charge in [-0.15, -0.1) is 0 Å². The Morgan fingerprint density at radius 1 is 1.27 bits per heavy atom. The first-order valence-corrected chi connectivity index (χ1v) is 9.19. The quantitative estimate of drug-likeness (QED) is 0.848. The van der Waals surface area contributed by atoms with E-state index in [1.54, 1.807) is 7.11 Å². The molecule has 0 radical (unpaired) electrons. The summed E-state index contributed by atoms with van der Waals surface area (Å²) in [7, 11) is -1.31. The Balaban J connectivity index is 1.92. The molecule has 1 aliphatic heterocycles. The summed E-state index contributed by atoms with van der Waals surface area (Å²) in [5.74, 6) is 2.20. The fourth-order valence-electron chi connectivity index (χ4n) is 2.89. The number of fused-ring (bicyclic) bond motifs is 1. The average Bonchev–Trinajstić information content (AvgIpc) is 2.63. The maximum absolute atomic E-state index is 11.9. The lowest BCUT2D eigenvalue weighted by molar-refractivity contribution is 0.415. The van der Waals surface area contributed by atoms with Gasteiger partial charge in [0.15, 0.2) is 9.84 Å². The fourth-order valence-corrected chi connectivity index (χ4v) is 4.53. The summed E-state index contributed by atoms with van der Waals surface area (Å²) < 4.78 is 29.0. The molecule has 0 N–H and O–H groups in total. The van der Waals surface area contributed by atoms with Gasteiger partial charge in [0.1, 0.15) is 11.6 Å². The number of methoxy groups -OCH3 is 1. The number of rotatable bonds is 2. The Labute approximate surface area is 130 Å². The number of pyridine rings is 1. The molecule has 2 heterocycles. The Morgan fingerprint density at radius 2 is 2.09 bits per heavy atom. The standard InChI is InChI=1S/C16H20N2O3S/c1-12-10-18(7-8-22(19,20)11-12)16-6-3-13-9-14(21-2)4-5-15(13)17-16/h3-6,9,12H,7-8,10-11H2,1-2H3. The minimum atomic E-state index is -2.95. The molecule has 1 fully saturated rings. The smallest absolute Gasteiger partial charge is 0.152 e. The maximum Gasteiger partial charge on any atom is 0.152 e. The SMILES string of the molecule is COc1ccc2nc(N3CCS(=O)(=O)CC(C)C3)ccc2c1. The van der Waals surface area contributed by atoms with Gasteiger partial charge >= 0.3 is 0 Å². The highest BCUT2D eigenvalue weighted by atomic mass is 32.2. The summed E-state index contributed by atoms with van der Waals surface area (Å²) in [4.78, 5) is 6.74. The van der Waals surface area contributed by atoms with Crippen molar-refractivity contribution in [3.8, 4) is 5.75 Å². The largest absolute Gasteiger partial charge is 0.497 e. The van der Waals surface area contributed by atoms with E-state index in [0.29, 0.717) is 13.1 Å². The van der Waals surface area contributed by atoms with Gasteiger partial charge in [0.25, 0.3) is 0 Å². The Hall–Kier alpha value is -1.82. The number of ether oxygens (including phenoxy) is 1. The molecule has 3 rings (SSSR count). The van der Waals surface area contributed by atoms with E-state index in [-0.39, 0.29) is 17.4 Å². The van der Waals surface area contributed by atoms with Crippen LogP contribution in [0.15, 0.2) is 30.3 Å². The highest BCUT2D eigenvalue weighted by Crippen LogP contribution is 2.24. The predicted molar refractivity (Wildman–Crippen MR) is 88.3 cm³/mol. The predicted octanol–water partition coefficient (Wildman–Crippen LogP) is 2.11. The van der Waals surface area contributed by atoms with Crippen LogP contribution in [0.1, 0.15) is 6.92 Å². The zero-order valence-electron chi connectivity index (χ0n) is 12.8. The van der Waals surface area contributed by atoms with Crippen molar-refractivity contribution in [3.05, 3.63) is 30.3 Å². The topological polar surface area (TPSA) is 59.5 Å². The Bertz CT molecular complexity index is 789. The lowest BCUT2D eigenvalue weighted by Gasteiger charge is -2.23. The molecule has 0 saturated carbocycles. The Kier molecular flexibility index (Phi) is 3.95. The minimum absolute atomic E-state index is 0.112. The lowest BCUT2D eigenvalue weighted by atomic mass is 10.2. The molecule has 1 aliphatic rings. The third-order valence-electron chi connectivity index (χ3n) is 3.95. The summed E-state index contributed by atoms with van der Waals surface area (Å²) in [6.07, 6.45) is 0. The van der Waals surface area contributed by atoms with Gasteiger partial charge < -0.3 is 9.64 Å². The first-order valence-electron chi connectivity index (χ1n) is 7.37. The summed E-state index contributed by atoms with van der Waals surface area (Å²) >= 11 is 0. The van der Waals surface area contributed by atoms with Crippen molar-refractivity contribution in [3.63, 3.8) is 0 Å². The molecule has 1 unspecified atom stereocenters. The summed E-state index contributed by atoms with van der Waals surface area (Å²) in [6.45, 7) is 3.19. The van der Waals surface area contributed by atoms with Crippen molar-refractivity contribution in [1.29, 1.82) is 0 Å². The number of sulfone groups is 1. The molecule has 0 amide bonds. The van der Waals surface area contributed by atoms with Gasteiger partial charge in [0.2, 0.25) is 0 Å². The van der Waals surface area contributed by atoms with Crippen LogP contribution in [-0.2, 0) is 9.84 Å². The van der Waals surface area contributed by atoms with E-state index in [4.69, 9.17) is 4.74 Å². The van der Waals surface area contributed by atoms with Gasteiger partial charge in [0.05, 0.1) is 24.1 Å². The number of aromatic nitrogens is 1. The van der Waals surface area contributed by atoms with E-state index < -0.39 is 9.84 Å². The second-order valence-corrected chi connectivity index (χ2v) is 8.12. The van der Waals surface area contributed by atoms with Gasteiger partial charge in [-0.05, 0) is 36.2 Å². The van der Waals surface area contributed by atoms with Crippen molar-refractivity contribution >= 4 is 26.6 Å². The maximum atomic E-state index is 11.9. The molecule has 2 aromatic rings. The van der Waals surface area contributed by atoms with Crippen LogP contribution in [0.3, 0.4) is 0 Å². The third-order valence-corrected chi connectivity index (χ3v) is 5.83. The second kappa shape index (κ2) is 5.76. The van der Waals surface area contributed by atoms with Crippen LogP contribution in [0, 0.1) is 5.92 Å². The summed E-state index contributed by atoms with van der Waals surface area (Å²) in [5.41, 5.74) is 0.887. The summed E-state index contributed by atoms with van der Waals surface area (Å²) in [5, 5.41) is 1.01. The van der Waals surface area contributed by atoms with Gasteiger partial charge in [-0.25, -0.2) is 13.4 Å². The normalized spacial score (nSPS) is 21.5. The van der Waals surface area contributed by atoms with Crippen LogP contribution < -0.4 is 9.64 Å². The number of benzene rings is 1. The number of hydrogen-bond donors (Lipinski definition) is 0. The minimum Gasteiger partial charge on any atom is -0.497 e. The molecule has 1 atom stereocenters. The highest BCUT2D eigenvalue weighted by Gasteiger charge is 2.24. The molecular formula is C16H20N2O3S.